The molecule has 9 nitrogen and oxygen atoms in total. The number of nitrogens with zero attached hydrogens (tertiary/aromatic N) is 1. The second-order valence-electron chi connectivity index (χ2n) is 20.8. The summed E-state index contributed by atoms with van der Waals surface area (Å²) in [5.74, 6) is -0.550. The molecule has 416 valence electrons. The van der Waals surface area contributed by atoms with Crippen molar-refractivity contribution in [2.45, 2.75) is 258 Å². The molecule has 0 radical (unpaired) electrons. The van der Waals surface area contributed by atoms with Gasteiger partial charge >= 0.3 is 13.8 Å². The second kappa shape index (κ2) is 51.7. The number of quaternary nitrogens is 1. The molecule has 10 heteroatoms. The van der Waals surface area contributed by atoms with E-state index in [1.54, 1.807) is 0 Å². The van der Waals surface area contributed by atoms with Crippen LogP contribution in [0.3, 0.4) is 0 Å². The lowest BCUT2D eigenvalue weighted by molar-refractivity contribution is -0.870. The highest BCUT2D eigenvalue weighted by molar-refractivity contribution is 7.47. The van der Waals surface area contributed by atoms with E-state index in [0.717, 1.165) is 103 Å². The Labute approximate surface area is 444 Å². The molecule has 0 saturated heterocycles. The highest BCUT2D eigenvalue weighted by Gasteiger charge is 2.30. The average Bonchev–Trinajstić information content (AvgIpc) is 3.34. The Morgan fingerprint density at radius 2 is 0.889 bits per heavy atom. The lowest BCUT2D eigenvalue weighted by Gasteiger charge is -2.27. The number of phosphoric ester groups is 1. The van der Waals surface area contributed by atoms with Crippen LogP contribution in [0.25, 0.3) is 0 Å². The van der Waals surface area contributed by atoms with Gasteiger partial charge in [0.2, 0.25) is 5.91 Å². The molecule has 0 heterocycles. The van der Waals surface area contributed by atoms with Gasteiger partial charge in [0, 0.05) is 12.8 Å². The lowest BCUT2D eigenvalue weighted by atomic mass is 10.0. The van der Waals surface area contributed by atoms with E-state index in [-0.39, 0.29) is 37.9 Å². The van der Waals surface area contributed by atoms with Crippen molar-refractivity contribution in [3.63, 3.8) is 0 Å². The predicted octanol–water partition coefficient (Wildman–Crippen LogP) is 17.8. The van der Waals surface area contributed by atoms with Crippen LogP contribution >= 0.6 is 7.82 Å². The van der Waals surface area contributed by atoms with Crippen LogP contribution in [-0.4, -0.2) is 74.3 Å². The minimum atomic E-state index is -4.46. The summed E-state index contributed by atoms with van der Waals surface area (Å²) in [5.41, 5.74) is 0. The van der Waals surface area contributed by atoms with Crippen molar-refractivity contribution in [3.8, 4) is 0 Å². The molecule has 3 atom stereocenters. The van der Waals surface area contributed by atoms with E-state index < -0.39 is 20.0 Å². The average molecular weight is 1030 g/mol. The minimum Gasteiger partial charge on any atom is -0.456 e. The highest BCUT2D eigenvalue weighted by Crippen LogP contribution is 2.43. The first-order valence-corrected chi connectivity index (χ1v) is 30.9. The number of allylic oxidation sites excluding steroid dienone is 13. The topological polar surface area (TPSA) is 111 Å². The number of carbonyl (C=O) groups excluding carboxylic acids is 2. The normalized spacial score (nSPS) is 14.4. The molecule has 0 aliphatic carbocycles. The van der Waals surface area contributed by atoms with Crippen molar-refractivity contribution in [3.05, 3.63) is 85.1 Å². The summed E-state index contributed by atoms with van der Waals surface area (Å²) in [6.07, 6.45) is 67.2. The van der Waals surface area contributed by atoms with Crippen molar-refractivity contribution in [1.29, 1.82) is 0 Å². The van der Waals surface area contributed by atoms with Crippen molar-refractivity contribution in [1.82, 2.24) is 5.32 Å². The lowest BCUT2D eigenvalue weighted by Crippen LogP contribution is -2.47. The summed E-state index contributed by atoms with van der Waals surface area (Å²) in [5, 5.41) is 3.03. The van der Waals surface area contributed by atoms with Crippen molar-refractivity contribution in [2.75, 3.05) is 40.9 Å². The Morgan fingerprint density at radius 3 is 1.38 bits per heavy atom. The molecule has 2 N–H and O–H groups in total. The Hall–Kier alpha value is -2.81. The molecule has 0 aliphatic rings. The molecular formula is C62H112N2O7P+. The second-order valence-corrected chi connectivity index (χ2v) is 22.2. The Morgan fingerprint density at radius 1 is 0.500 bits per heavy atom. The third kappa shape index (κ3) is 52.1. The number of unbranched alkanes of at least 4 members (excludes halogenated alkanes) is 24. The van der Waals surface area contributed by atoms with Gasteiger partial charge in [-0.1, -0.05) is 215 Å². The SMILES string of the molecule is CC/C=C\C/C=C\C/C=C\C/C=C\C/C=C\CCCCCC(=O)NC(COP(=O)(O)OCC[N+](C)(C)C)C(/C=C\CCCCCCCCCCCC)OC(=O)CCCCCCCCC/C=C\CCCCCC. The number of phosphoric acid groups is 1. The van der Waals surface area contributed by atoms with Crippen molar-refractivity contribution in [2.24, 2.45) is 0 Å². The van der Waals surface area contributed by atoms with E-state index in [4.69, 9.17) is 13.8 Å². The molecule has 0 aromatic rings. The number of amides is 1. The Kier molecular flexibility index (Phi) is 49.6. The molecule has 1 amide bonds. The molecule has 0 spiro atoms. The van der Waals surface area contributed by atoms with Crippen LogP contribution in [0.5, 0.6) is 0 Å². The number of ether oxygens (including phenoxy) is 1. The standard InChI is InChI=1S/C62H111N2O7P/c1-7-10-13-16-19-22-25-28-30-31-32-33-35-36-39-42-45-48-51-54-61(65)63-59(58-70-72(67,68)69-57-56-64(4,5)6)60(53-50-47-44-41-38-27-24-21-18-15-12-9-3)71-62(66)55-52-49-46-43-40-37-34-29-26-23-20-17-14-11-8-2/h10,13,19,22-23,26,28,30,32-33,36,39,50,53,59-60H,7-9,11-12,14-18,20-21,24-25,27,29,31,34-35,37-38,40-49,51-52,54-58H2,1-6H3,(H-,63,65,67,68)/p+1/b13-10-,22-19-,26-23-,30-28-,33-32-,39-36-,53-50-. The van der Waals surface area contributed by atoms with Gasteiger partial charge in [0.25, 0.3) is 0 Å². The smallest absolute Gasteiger partial charge is 0.456 e. The fourth-order valence-electron chi connectivity index (χ4n) is 8.02. The van der Waals surface area contributed by atoms with Gasteiger partial charge in [0.1, 0.15) is 19.3 Å². The molecule has 0 aromatic heterocycles. The summed E-state index contributed by atoms with van der Waals surface area (Å²) in [4.78, 5) is 37.6. The number of nitrogens with one attached hydrogen (secondary N) is 1. The first kappa shape index (κ1) is 69.2. The van der Waals surface area contributed by atoms with Gasteiger partial charge in [-0.05, 0) is 102 Å². The highest BCUT2D eigenvalue weighted by atomic mass is 31.2. The fraction of sp³-hybridized carbons (Fsp3) is 0.742. The van der Waals surface area contributed by atoms with Crippen LogP contribution in [0.4, 0.5) is 0 Å². The van der Waals surface area contributed by atoms with Gasteiger partial charge in [-0.3, -0.25) is 18.6 Å². The zero-order valence-electron chi connectivity index (χ0n) is 47.4. The van der Waals surface area contributed by atoms with Crippen molar-refractivity contribution >= 4 is 19.7 Å². The van der Waals surface area contributed by atoms with Crippen LogP contribution in [0, 0.1) is 0 Å². The summed E-state index contributed by atoms with van der Waals surface area (Å²) in [6, 6.07) is -0.870. The van der Waals surface area contributed by atoms with Crippen LogP contribution in [0.2, 0.25) is 0 Å². The summed E-state index contributed by atoms with van der Waals surface area (Å²) in [7, 11) is 1.46. The quantitative estimate of drug-likeness (QED) is 0.0205. The van der Waals surface area contributed by atoms with Crippen LogP contribution in [-0.2, 0) is 27.9 Å². The number of esters is 1. The molecule has 0 aliphatic heterocycles. The molecule has 0 fully saturated rings. The van der Waals surface area contributed by atoms with Gasteiger partial charge in [-0.15, -0.1) is 0 Å². The Bertz CT molecular complexity index is 1510. The first-order chi connectivity index (χ1) is 34.9. The minimum absolute atomic E-state index is 0.0295. The molecule has 72 heavy (non-hydrogen) atoms. The number of hydrogen-bond donors (Lipinski definition) is 2. The van der Waals surface area contributed by atoms with Gasteiger partial charge in [-0.25, -0.2) is 4.57 Å². The van der Waals surface area contributed by atoms with E-state index in [9.17, 15) is 19.0 Å². The number of rotatable bonds is 52. The monoisotopic (exact) mass is 1030 g/mol. The molecule has 0 rings (SSSR count). The summed E-state index contributed by atoms with van der Waals surface area (Å²) < 4.78 is 30.6. The van der Waals surface area contributed by atoms with E-state index >= 15 is 0 Å². The van der Waals surface area contributed by atoms with Gasteiger partial charge < -0.3 is 19.4 Å². The van der Waals surface area contributed by atoms with E-state index in [1.165, 1.54) is 103 Å². The predicted molar refractivity (Wildman–Crippen MR) is 309 cm³/mol. The first-order valence-electron chi connectivity index (χ1n) is 29.4. The van der Waals surface area contributed by atoms with Crippen LogP contribution in [0.15, 0.2) is 85.1 Å². The molecule has 0 aromatic carbocycles. The van der Waals surface area contributed by atoms with E-state index in [2.05, 4.69) is 99.0 Å². The maximum Gasteiger partial charge on any atom is 0.472 e. The Balaban J connectivity index is 5.39. The molecule has 0 bridgehead atoms. The van der Waals surface area contributed by atoms with Gasteiger partial charge in [0.05, 0.1) is 33.8 Å². The largest absolute Gasteiger partial charge is 0.472 e. The van der Waals surface area contributed by atoms with Crippen LogP contribution in [0.1, 0.15) is 245 Å². The van der Waals surface area contributed by atoms with E-state index in [0.29, 0.717) is 17.4 Å². The number of likely N-dealkylation sites (N-methyl/N-ethyl adjacent to an activating group) is 1. The van der Waals surface area contributed by atoms with Crippen molar-refractivity contribution < 1.29 is 37.3 Å². The zero-order chi connectivity index (χ0) is 52.9. The summed E-state index contributed by atoms with van der Waals surface area (Å²) in [6.45, 7) is 6.85. The van der Waals surface area contributed by atoms with E-state index in [1.807, 2.05) is 33.3 Å². The van der Waals surface area contributed by atoms with Crippen LogP contribution < -0.4 is 5.32 Å². The number of carbonyl (C=O) groups is 2. The van der Waals surface area contributed by atoms with Gasteiger partial charge in [-0.2, -0.15) is 0 Å². The van der Waals surface area contributed by atoms with Gasteiger partial charge in [0.15, 0.2) is 0 Å². The third-order valence-electron chi connectivity index (χ3n) is 12.6. The molecular weight excluding hydrogens is 916 g/mol. The third-order valence-corrected chi connectivity index (χ3v) is 13.6. The number of hydrogen-bond acceptors (Lipinski definition) is 6. The fourth-order valence-corrected chi connectivity index (χ4v) is 8.75. The maximum atomic E-state index is 13.5. The molecule has 3 unspecified atom stereocenters. The summed E-state index contributed by atoms with van der Waals surface area (Å²) >= 11 is 0. The maximum absolute atomic E-state index is 13.5. The zero-order valence-corrected chi connectivity index (χ0v) is 48.3. The molecule has 0 saturated carbocycles.